The van der Waals surface area contributed by atoms with Crippen LogP contribution in [0, 0.1) is 5.82 Å². The summed E-state index contributed by atoms with van der Waals surface area (Å²) in [5.41, 5.74) is 3.11. The molecule has 0 unspecified atom stereocenters. The lowest BCUT2D eigenvalue weighted by Crippen LogP contribution is -2.44. The Kier molecular flexibility index (Phi) is 8.65. The van der Waals surface area contributed by atoms with E-state index >= 15 is 0 Å². The van der Waals surface area contributed by atoms with Gasteiger partial charge in [0.15, 0.2) is 0 Å². The van der Waals surface area contributed by atoms with E-state index in [2.05, 4.69) is 15.7 Å². The van der Waals surface area contributed by atoms with E-state index in [0.717, 1.165) is 24.0 Å². The maximum absolute atomic E-state index is 13.5. The Balaban J connectivity index is 1.51. The van der Waals surface area contributed by atoms with Gasteiger partial charge in [0.25, 0.3) is 0 Å². The number of nitrogens with one attached hydrogen (secondary N) is 2. The van der Waals surface area contributed by atoms with Crippen LogP contribution in [0.4, 0.5) is 15.0 Å². The van der Waals surface area contributed by atoms with Crippen molar-refractivity contribution in [3.63, 3.8) is 0 Å². The number of carbonyl (C=O) groups is 2. The lowest BCUT2D eigenvalue weighted by Gasteiger charge is -2.22. The van der Waals surface area contributed by atoms with Gasteiger partial charge in [-0.15, -0.1) is 0 Å². The Hall–Kier alpha value is -4.46. The zero-order valence-electron chi connectivity index (χ0n) is 20.7. The summed E-state index contributed by atoms with van der Waals surface area (Å²) in [6.45, 7) is 2.75. The highest BCUT2D eigenvalue weighted by atomic mass is 19.1. The summed E-state index contributed by atoms with van der Waals surface area (Å²) in [5.74, 6) is -0.290. The molecule has 0 atom stereocenters. The van der Waals surface area contributed by atoms with Crippen LogP contribution in [0.5, 0.6) is 0 Å². The molecule has 0 spiro atoms. The van der Waals surface area contributed by atoms with Gasteiger partial charge in [-0.1, -0.05) is 74.0 Å². The van der Waals surface area contributed by atoms with Crippen LogP contribution in [-0.2, 0) is 11.3 Å². The Bertz CT molecular complexity index is 1310. The predicted octanol–water partition coefficient (Wildman–Crippen LogP) is 5.63. The van der Waals surface area contributed by atoms with Gasteiger partial charge in [0.2, 0.25) is 5.91 Å². The highest BCUT2D eigenvalue weighted by Crippen LogP contribution is 2.25. The SMILES string of the molecule is CCCCN(CC(=O)Nc1cc(-c2ccccc2)nn1-c1ccc(F)cc1)C(=O)NCc1ccccc1. The first-order valence-electron chi connectivity index (χ1n) is 12.3. The molecule has 3 aromatic carbocycles. The van der Waals surface area contributed by atoms with Gasteiger partial charge >= 0.3 is 6.03 Å². The van der Waals surface area contributed by atoms with Crippen molar-refractivity contribution in [1.29, 1.82) is 0 Å². The average Bonchev–Trinajstić information content (AvgIpc) is 3.34. The van der Waals surface area contributed by atoms with E-state index < -0.39 is 0 Å². The standard InChI is InChI=1S/C29H30FN5O2/c1-2-3-18-34(29(37)31-20-22-10-6-4-7-11-22)21-28(36)32-27-19-26(23-12-8-5-9-13-23)33-35(27)25-16-14-24(30)15-17-25/h4-17,19H,2-3,18,20-21H2,1H3,(H,31,37)(H,32,36). The van der Waals surface area contributed by atoms with Crippen molar-refractivity contribution < 1.29 is 14.0 Å². The van der Waals surface area contributed by atoms with Gasteiger partial charge in [0.1, 0.15) is 18.2 Å². The number of carbonyl (C=O) groups excluding carboxylic acids is 2. The fraction of sp³-hybridized carbons (Fsp3) is 0.207. The largest absolute Gasteiger partial charge is 0.334 e. The van der Waals surface area contributed by atoms with Crippen molar-refractivity contribution in [2.75, 3.05) is 18.4 Å². The topological polar surface area (TPSA) is 79.3 Å². The second-order valence-corrected chi connectivity index (χ2v) is 8.64. The summed E-state index contributed by atoms with van der Waals surface area (Å²) >= 11 is 0. The first kappa shape index (κ1) is 25.6. The lowest BCUT2D eigenvalue weighted by molar-refractivity contribution is -0.116. The van der Waals surface area contributed by atoms with Crippen LogP contribution in [0.25, 0.3) is 16.9 Å². The van der Waals surface area contributed by atoms with Crippen LogP contribution < -0.4 is 10.6 Å². The van der Waals surface area contributed by atoms with Crippen LogP contribution in [0.15, 0.2) is 91.0 Å². The fourth-order valence-electron chi connectivity index (χ4n) is 3.84. The summed E-state index contributed by atoms with van der Waals surface area (Å²) < 4.78 is 15.1. The molecule has 37 heavy (non-hydrogen) atoms. The van der Waals surface area contributed by atoms with Crippen LogP contribution in [0.3, 0.4) is 0 Å². The van der Waals surface area contributed by atoms with Gasteiger partial charge in [-0.2, -0.15) is 5.10 Å². The minimum absolute atomic E-state index is 0.115. The van der Waals surface area contributed by atoms with E-state index in [1.54, 1.807) is 22.9 Å². The monoisotopic (exact) mass is 499 g/mol. The molecule has 190 valence electrons. The Labute approximate surface area is 215 Å². The zero-order valence-corrected chi connectivity index (χ0v) is 20.7. The number of hydrogen-bond acceptors (Lipinski definition) is 3. The second-order valence-electron chi connectivity index (χ2n) is 8.64. The molecule has 0 saturated carbocycles. The first-order chi connectivity index (χ1) is 18.0. The smallest absolute Gasteiger partial charge is 0.318 e. The molecule has 0 aliphatic rings. The molecule has 4 aromatic rings. The quantitative estimate of drug-likeness (QED) is 0.297. The zero-order chi connectivity index (χ0) is 26.0. The van der Waals surface area contributed by atoms with E-state index in [9.17, 15) is 14.0 Å². The Morgan fingerprint density at radius 1 is 0.946 bits per heavy atom. The lowest BCUT2D eigenvalue weighted by atomic mass is 10.1. The molecule has 0 aliphatic heterocycles. The number of rotatable bonds is 10. The molecule has 1 aromatic heterocycles. The molecule has 7 nitrogen and oxygen atoms in total. The highest BCUT2D eigenvalue weighted by molar-refractivity contribution is 5.94. The molecule has 2 N–H and O–H groups in total. The molecule has 0 radical (unpaired) electrons. The van der Waals surface area contributed by atoms with Crippen molar-refractivity contribution in [3.05, 3.63) is 102 Å². The van der Waals surface area contributed by atoms with E-state index in [0.29, 0.717) is 30.3 Å². The van der Waals surface area contributed by atoms with Crippen LogP contribution in [0.1, 0.15) is 25.3 Å². The van der Waals surface area contributed by atoms with Gasteiger partial charge < -0.3 is 15.5 Å². The maximum Gasteiger partial charge on any atom is 0.318 e. The number of anilines is 1. The van der Waals surface area contributed by atoms with Gasteiger partial charge in [-0.3, -0.25) is 4.79 Å². The van der Waals surface area contributed by atoms with E-state index in [1.807, 2.05) is 67.6 Å². The molecular weight excluding hydrogens is 469 g/mol. The fourth-order valence-corrected chi connectivity index (χ4v) is 3.84. The van der Waals surface area contributed by atoms with Crippen LogP contribution >= 0.6 is 0 Å². The second kappa shape index (κ2) is 12.5. The molecule has 8 heteroatoms. The number of nitrogens with zero attached hydrogens (tertiary/aromatic N) is 3. The van der Waals surface area contributed by atoms with Crippen molar-refractivity contribution >= 4 is 17.8 Å². The van der Waals surface area contributed by atoms with Crippen molar-refractivity contribution in [2.45, 2.75) is 26.3 Å². The molecule has 0 fully saturated rings. The number of amides is 3. The minimum atomic E-state index is -0.363. The van der Waals surface area contributed by atoms with Crippen LogP contribution in [-0.4, -0.2) is 39.7 Å². The van der Waals surface area contributed by atoms with Gasteiger partial charge in [0.05, 0.1) is 11.4 Å². The summed E-state index contributed by atoms with van der Waals surface area (Å²) in [6.07, 6.45) is 1.67. The minimum Gasteiger partial charge on any atom is -0.334 e. The number of urea groups is 1. The Morgan fingerprint density at radius 3 is 2.30 bits per heavy atom. The van der Waals surface area contributed by atoms with Gasteiger partial charge in [-0.25, -0.2) is 13.9 Å². The molecule has 0 saturated heterocycles. The summed E-state index contributed by atoms with van der Waals surface area (Å²) in [6, 6.07) is 26.5. The van der Waals surface area contributed by atoms with Crippen LogP contribution in [0.2, 0.25) is 0 Å². The van der Waals surface area contributed by atoms with E-state index in [4.69, 9.17) is 0 Å². The average molecular weight is 500 g/mol. The number of aromatic nitrogens is 2. The molecule has 0 bridgehead atoms. The van der Waals surface area contributed by atoms with E-state index in [1.165, 1.54) is 17.0 Å². The maximum atomic E-state index is 13.5. The molecule has 0 aliphatic carbocycles. The summed E-state index contributed by atoms with van der Waals surface area (Å²) in [4.78, 5) is 27.5. The predicted molar refractivity (Wildman–Crippen MR) is 143 cm³/mol. The summed E-state index contributed by atoms with van der Waals surface area (Å²) in [5, 5.41) is 10.4. The number of hydrogen-bond donors (Lipinski definition) is 2. The van der Waals surface area contributed by atoms with Gasteiger partial charge in [0, 0.05) is 24.7 Å². The number of benzene rings is 3. The van der Waals surface area contributed by atoms with Crippen molar-refractivity contribution in [3.8, 4) is 16.9 Å². The third-order valence-electron chi connectivity index (χ3n) is 5.81. The molecule has 4 rings (SSSR count). The molecule has 1 heterocycles. The number of halogens is 1. The molecule has 3 amide bonds. The van der Waals surface area contributed by atoms with Crippen molar-refractivity contribution in [2.24, 2.45) is 0 Å². The Morgan fingerprint density at radius 2 is 1.62 bits per heavy atom. The normalized spacial score (nSPS) is 10.6. The highest BCUT2D eigenvalue weighted by Gasteiger charge is 2.19. The van der Waals surface area contributed by atoms with Gasteiger partial charge in [-0.05, 0) is 36.2 Å². The third-order valence-corrected chi connectivity index (χ3v) is 5.81. The van der Waals surface area contributed by atoms with Crippen molar-refractivity contribution in [1.82, 2.24) is 20.0 Å². The van der Waals surface area contributed by atoms with E-state index in [-0.39, 0.29) is 24.3 Å². The number of unbranched alkanes of at least 4 members (excludes halogenated alkanes) is 1. The molecular formula is C29H30FN5O2. The third kappa shape index (κ3) is 7.04. The first-order valence-corrected chi connectivity index (χ1v) is 12.3. The summed E-state index contributed by atoms with van der Waals surface area (Å²) in [7, 11) is 0.